The van der Waals surface area contributed by atoms with E-state index in [9.17, 15) is 9.65 Å². The largest absolute Gasteiger partial charge is 0.239 e. The van der Waals surface area contributed by atoms with Crippen molar-refractivity contribution in [2.45, 2.75) is 0 Å². The summed E-state index contributed by atoms with van der Waals surface area (Å²) in [7, 11) is 0. The van der Waals surface area contributed by atoms with Gasteiger partial charge < -0.3 is 0 Å². The SMILES string of the molecule is N#Cc1c(-c2ccccc2)cc(-c2ccc(F)cc2)nc1Br. The number of benzene rings is 2. The predicted molar refractivity (Wildman–Crippen MR) is 87.5 cm³/mol. The van der Waals surface area contributed by atoms with Gasteiger partial charge in [-0.3, -0.25) is 0 Å². The van der Waals surface area contributed by atoms with Gasteiger partial charge in [-0.1, -0.05) is 30.3 Å². The third kappa shape index (κ3) is 2.76. The number of nitriles is 1. The second-order valence-corrected chi connectivity index (χ2v) is 5.46. The topological polar surface area (TPSA) is 36.7 Å². The third-order valence-corrected chi connectivity index (χ3v) is 3.89. The Labute approximate surface area is 136 Å². The predicted octanol–water partition coefficient (Wildman–Crippen LogP) is 5.19. The number of nitrogens with zero attached hydrogens (tertiary/aromatic N) is 2. The Kier molecular flexibility index (Phi) is 3.99. The van der Waals surface area contributed by atoms with Gasteiger partial charge in [0.25, 0.3) is 0 Å². The molecule has 0 atom stereocenters. The lowest BCUT2D eigenvalue weighted by atomic mass is 9.99. The van der Waals surface area contributed by atoms with E-state index in [-0.39, 0.29) is 5.82 Å². The summed E-state index contributed by atoms with van der Waals surface area (Å²) in [4.78, 5) is 4.40. The first-order valence-corrected chi connectivity index (χ1v) is 7.40. The highest BCUT2D eigenvalue weighted by molar-refractivity contribution is 9.10. The lowest BCUT2D eigenvalue weighted by Gasteiger charge is -2.09. The molecule has 0 N–H and O–H groups in total. The molecule has 0 saturated heterocycles. The normalized spacial score (nSPS) is 10.2. The highest BCUT2D eigenvalue weighted by Crippen LogP contribution is 2.32. The van der Waals surface area contributed by atoms with Gasteiger partial charge in [0.2, 0.25) is 0 Å². The molecule has 0 fully saturated rings. The molecule has 4 heteroatoms. The van der Waals surface area contributed by atoms with E-state index < -0.39 is 0 Å². The van der Waals surface area contributed by atoms with Gasteiger partial charge in [0, 0.05) is 11.1 Å². The summed E-state index contributed by atoms with van der Waals surface area (Å²) >= 11 is 3.36. The maximum atomic E-state index is 13.1. The Balaban J connectivity index is 2.21. The monoisotopic (exact) mass is 352 g/mol. The molecule has 3 rings (SSSR count). The average molecular weight is 353 g/mol. The molecule has 0 aliphatic heterocycles. The molecule has 1 aromatic heterocycles. The first-order chi connectivity index (χ1) is 10.7. The van der Waals surface area contributed by atoms with E-state index in [1.807, 2.05) is 36.4 Å². The minimum absolute atomic E-state index is 0.292. The quantitative estimate of drug-likeness (QED) is 0.595. The Morgan fingerprint density at radius 3 is 2.27 bits per heavy atom. The van der Waals surface area contributed by atoms with E-state index in [2.05, 4.69) is 27.0 Å². The van der Waals surface area contributed by atoms with Crippen LogP contribution in [0.1, 0.15) is 5.56 Å². The van der Waals surface area contributed by atoms with Gasteiger partial charge in [-0.25, -0.2) is 9.37 Å². The van der Waals surface area contributed by atoms with E-state index in [1.165, 1.54) is 12.1 Å². The number of hydrogen-bond donors (Lipinski definition) is 0. The molecule has 0 spiro atoms. The van der Waals surface area contributed by atoms with Crippen LogP contribution in [-0.2, 0) is 0 Å². The standard InChI is InChI=1S/C18H10BrFN2/c19-18-16(11-21)15(12-4-2-1-3-5-12)10-17(22-18)13-6-8-14(20)9-7-13/h1-10H. The Bertz CT molecular complexity index is 853. The smallest absolute Gasteiger partial charge is 0.125 e. The summed E-state index contributed by atoms with van der Waals surface area (Å²) in [5, 5.41) is 9.39. The Morgan fingerprint density at radius 1 is 0.955 bits per heavy atom. The zero-order valence-electron chi connectivity index (χ0n) is 11.4. The summed E-state index contributed by atoms with van der Waals surface area (Å²) in [6.45, 7) is 0. The van der Waals surface area contributed by atoms with Crippen LogP contribution in [-0.4, -0.2) is 4.98 Å². The summed E-state index contributed by atoms with van der Waals surface area (Å²) < 4.78 is 13.6. The van der Waals surface area contributed by atoms with Crippen molar-refractivity contribution in [1.29, 1.82) is 5.26 Å². The summed E-state index contributed by atoms with van der Waals surface area (Å²) in [5.74, 6) is -0.292. The van der Waals surface area contributed by atoms with Gasteiger partial charge >= 0.3 is 0 Å². The molecule has 22 heavy (non-hydrogen) atoms. The van der Waals surface area contributed by atoms with E-state index >= 15 is 0 Å². The maximum absolute atomic E-state index is 13.1. The van der Waals surface area contributed by atoms with E-state index in [1.54, 1.807) is 12.1 Å². The van der Waals surface area contributed by atoms with Gasteiger partial charge in [-0.15, -0.1) is 0 Å². The van der Waals surface area contributed by atoms with Crippen LogP contribution in [0.4, 0.5) is 4.39 Å². The zero-order chi connectivity index (χ0) is 15.5. The molecule has 0 aliphatic carbocycles. The van der Waals surface area contributed by atoms with Crippen LogP contribution in [0.3, 0.4) is 0 Å². The third-order valence-electron chi connectivity index (χ3n) is 3.31. The Morgan fingerprint density at radius 2 is 1.64 bits per heavy atom. The van der Waals surface area contributed by atoms with Crippen LogP contribution in [0.2, 0.25) is 0 Å². The minimum atomic E-state index is -0.292. The van der Waals surface area contributed by atoms with E-state index in [0.29, 0.717) is 15.9 Å². The zero-order valence-corrected chi connectivity index (χ0v) is 13.0. The second kappa shape index (κ2) is 6.08. The van der Waals surface area contributed by atoms with Crippen LogP contribution in [0.5, 0.6) is 0 Å². The molecule has 2 aromatic carbocycles. The fourth-order valence-corrected chi connectivity index (χ4v) is 2.73. The van der Waals surface area contributed by atoms with Crippen molar-refractivity contribution in [2.24, 2.45) is 0 Å². The molecular formula is C18H10BrFN2. The molecule has 0 radical (unpaired) electrons. The molecule has 3 aromatic rings. The van der Waals surface area contributed by atoms with Gasteiger partial charge in [-0.2, -0.15) is 5.26 Å². The number of hydrogen-bond acceptors (Lipinski definition) is 2. The van der Waals surface area contributed by atoms with Crippen molar-refractivity contribution >= 4 is 15.9 Å². The molecule has 106 valence electrons. The van der Waals surface area contributed by atoms with Gasteiger partial charge in [-0.05, 0) is 51.8 Å². The molecular weight excluding hydrogens is 343 g/mol. The minimum Gasteiger partial charge on any atom is -0.239 e. The average Bonchev–Trinajstić information content (AvgIpc) is 2.55. The highest BCUT2D eigenvalue weighted by Gasteiger charge is 2.13. The maximum Gasteiger partial charge on any atom is 0.125 e. The van der Waals surface area contributed by atoms with Gasteiger partial charge in [0.1, 0.15) is 16.5 Å². The highest BCUT2D eigenvalue weighted by atomic mass is 79.9. The molecule has 0 unspecified atom stereocenters. The van der Waals surface area contributed by atoms with Crippen molar-refractivity contribution in [2.75, 3.05) is 0 Å². The van der Waals surface area contributed by atoms with Crippen molar-refractivity contribution < 1.29 is 4.39 Å². The summed E-state index contributed by atoms with van der Waals surface area (Å²) in [5.41, 5.74) is 3.69. The molecule has 0 aliphatic rings. The number of halogens is 2. The van der Waals surface area contributed by atoms with Crippen LogP contribution in [0.25, 0.3) is 22.4 Å². The lowest BCUT2D eigenvalue weighted by molar-refractivity contribution is 0.628. The van der Waals surface area contributed by atoms with Gasteiger partial charge in [0.05, 0.1) is 11.3 Å². The number of pyridine rings is 1. The first kappa shape index (κ1) is 14.4. The van der Waals surface area contributed by atoms with Crippen LogP contribution in [0.15, 0.2) is 65.3 Å². The van der Waals surface area contributed by atoms with Gasteiger partial charge in [0.15, 0.2) is 0 Å². The van der Waals surface area contributed by atoms with E-state index in [4.69, 9.17) is 0 Å². The van der Waals surface area contributed by atoms with Crippen LogP contribution in [0, 0.1) is 17.1 Å². The fraction of sp³-hybridized carbons (Fsp3) is 0. The molecule has 0 saturated carbocycles. The molecule has 1 heterocycles. The fourth-order valence-electron chi connectivity index (χ4n) is 2.23. The Hall–Kier alpha value is -2.51. The summed E-state index contributed by atoms with van der Waals surface area (Å²) in [6.07, 6.45) is 0. The van der Waals surface area contributed by atoms with Crippen molar-refractivity contribution in [3.63, 3.8) is 0 Å². The lowest BCUT2D eigenvalue weighted by Crippen LogP contribution is -1.93. The van der Waals surface area contributed by atoms with E-state index in [0.717, 1.165) is 16.7 Å². The first-order valence-electron chi connectivity index (χ1n) is 6.61. The van der Waals surface area contributed by atoms with Crippen molar-refractivity contribution in [3.8, 4) is 28.5 Å². The summed E-state index contributed by atoms with van der Waals surface area (Å²) in [6, 6.07) is 19.8. The van der Waals surface area contributed by atoms with Crippen LogP contribution < -0.4 is 0 Å². The molecule has 0 amide bonds. The number of rotatable bonds is 2. The number of aromatic nitrogens is 1. The van der Waals surface area contributed by atoms with Crippen molar-refractivity contribution in [1.82, 2.24) is 4.98 Å². The molecule has 0 bridgehead atoms. The second-order valence-electron chi connectivity index (χ2n) is 4.71. The molecule has 2 nitrogen and oxygen atoms in total. The van der Waals surface area contributed by atoms with Crippen molar-refractivity contribution in [3.05, 3.63) is 76.6 Å². The van der Waals surface area contributed by atoms with Crippen LogP contribution >= 0.6 is 15.9 Å².